The van der Waals surface area contributed by atoms with Gasteiger partial charge in [0.25, 0.3) is 0 Å². The van der Waals surface area contributed by atoms with E-state index >= 15 is 0 Å². The molecule has 1 aliphatic heterocycles. The van der Waals surface area contributed by atoms with Crippen molar-refractivity contribution in [3.8, 4) is 11.5 Å². The molecule has 8 heteroatoms. The number of amides is 1. The number of hydrogen-bond acceptors (Lipinski definition) is 5. The number of thiophene rings is 1. The second kappa shape index (κ2) is 9.84. The predicted octanol–water partition coefficient (Wildman–Crippen LogP) is 3.69. The van der Waals surface area contributed by atoms with E-state index in [-0.39, 0.29) is 18.0 Å². The van der Waals surface area contributed by atoms with Crippen LogP contribution in [0.2, 0.25) is 0 Å². The lowest BCUT2D eigenvalue weighted by Crippen LogP contribution is -2.42. The van der Waals surface area contributed by atoms with Gasteiger partial charge in [-0.05, 0) is 52.0 Å². The van der Waals surface area contributed by atoms with Gasteiger partial charge in [0.05, 0.1) is 19.8 Å². The van der Waals surface area contributed by atoms with Gasteiger partial charge in [-0.3, -0.25) is 4.79 Å². The van der Waals surface area contributed by atoms with Crippen LogP contribution in [0.5, 0.6) is 11.5 Å². The summed E-state index contributed by atoms with van der Waals surface area (Å²) in [5, 5.41) is 9.51. The van der Waals surface area contributed by atoms with Crippen LogP contribution in [0.25, 0.3) is 0 Å². The second-order valence-corrected chi connectivity index (χ2v) is 9.54. The number of ether oxygens (including phenoxy) is 2. The second-order valence-electron chi connectivity index (χ2n) is 8.17. The average Bonchev–Trinajstić information content (AvgIpc) is 2.94. The zero-order chi connectivity index (χ0) is 21.6. The molecule has 1 aromatic heterocycles. The molecule has 2 heterocycles. The summed E-state index contributed by atoms with van der Waals surface area (Å²) in [5.74, 6) is 1.84. The van der Waals surface area contributed by atoms with Gasteiger partial charge in [-0.1, -0.05) is 0 Å². The first-order chi connectivity index (χ1) is 14.3. The van der Waals surface area contributed by atoms with Gasteiger partial charge in [-0.25, -0.2) is 4.99 Å². The third-order valence-electron chi connectivity index (χ3n) is 4.13. The number of aliphatic imine (C=N–C) groups is 1. The Hall–Kier alpha value is -2.74. The Labute approximate surface area is 181 Å². The van der Waals surface area contributed by atoms with Crippen molar-refractivity contribution in [3.05, 3.63) is 40.1 Å². The number of carbonyl (C=O) groups excluding carboxylic acids is 1. The first-order valence-electron chi connectivity index (χ1n) is 10.1. The summed E-state index contributed by atoms with van der Waals surface area (Å²) in [6.07, 6.45) is 0.856. The highest BCUT2D eigenvalue weighted by Gasteiger charge is 2.14. The number of nitrogens with one attached hydrogen (secondary N) is 3. The molecular formula is C22H30N4O3S. The van der Waals surface area contributed by atoms with Crippen molar-refractivity contribution in [2.24, 2.45) is 4.99 Å². The van der Waals surface area contributed by atoms with Crippen molar-refractivity contribution in [3.63, 3.8) is 0 Å². The number of hydrogen-bond donors (Lipinski definition) is 3. The molecule has 0 fully saturated rings. The molecule has 0 bridgehead atoms. The van der Waals surface area contributed by atoms with Gasteiger partial charge < -0.3 is 25.4 Å². The van der Waals surface area contributed by atoms with Crippen molar-refractivity contribution in [2.75, 3.05) is 25.1 Å². The van der Waals surface area contributed by atoms with Gasteiger partial charge in [0.2, 0.25) is 5.91 Å². The Kier molecular flexibility index (Phi) is 7.20. The zero-order valence-electron chi connectivity index (χ0n) is 18.0. The number of rotatable bonds is 5. The van der Waals surface area contributed by atoms with Crippen LogP contribution in [0.15, 0.2) is 35.3 Å². The number of aryl methyl sites for hydroxylation is 1. The number of fused-ring (bicyclic) bond motifs is 1. The minimum absolute atomic E-state index is 0.0284. The molecule has 0 saturated heterocycles. The van der Waals surface area contributed by atoms with Crippen LogP contribution in [0.3, 0.4) is 0 Å². The summed E-state index contributed by atoms with van der Waals surface area (Å²) >= 11 is 1.73. The van der Waals surface area contributed by atoms with Crippen LogP contribution >= 0.6 is 11.3 Å². The van der Waals surface area contributed by atoms with E-state index in [0.717, 1.165) is 17.9 Å². The highest BCUT2D eigenvalue weighted by Crippen LogP contribution is 2.32. The maximum atomic E-state index is 12.2. The monoisotopic (exact) mass is 430 g/mol. The van der Waals surface area contributed by atoms with E-state index in [4.69, 9.17) is 9.47 Å². The van der Waals surface area contributed by atoms with Crippen molar-refractivity contribution < 1.29 is 14.3 Å². The molecule has 0 saturated carbocycles. The Morgan fingerprint density at radius 3 is 2.60 bits per heavy atom. The van der Waals surface area contributed by atoms with Gasteiger partial charge in [-0.15, -0.1) is 11.3 Å². The lowest BCUT2D eigenvalue weighted by Gasteiger charge is -2.20. The fourth-order valence-corrected chi connectivity index (χ4v) is 3.71. The van der Waals surface area contributed by atoms with E-state index in [9.17, 15) is 4.79 Å². The Morgan fingerprint density at radius 2 is 1.90 bits per heavy atom. The molecule has 1 aromatic carbocycles. The van der Waals surface area contributed by atoms with E-state index < -0.39 is 0 Å². The number of nitrogens with zero attached hydrogens (tertiary/aromatic N) is 1. The fourth-order valence-electron chi connectivity index (χ4n) is 2.88. The van der Waals surface area contributed by atoms with E-state index in [2.05, 4.69) is 40.0 Å². The number of guanidine groups is 1. The maximum Gasteiger partial charge on any atom is 0.242 e. The smallest absolute Gasteiger partial charge is 0.242 e. The van der Waals surface area contributed by atoms with Crippen LogP contribution in [0.1, 0.15) is 36.9 Å². The summed E-state index contributed by atoms with van der Waals surface area (Å²) in [6, 6.07) is 9.87. The van der Waals surface area contributed by atoms with Gasteiger partial charge in [0, 0.05) is 33.5 Å². The van der Waals surface area contributed by atoms with Crippen molar-refractivity contribution in [1.29, 1.82) is 0 Å². The first kappa shape index (κ1) is 22.0. The standard InChI is InChI=1S/C22H30N4O3S/c1-15-6-8-17(30-15)13-23-21(24-14-20(27)26-22(2,3)4)25-16-7-9-18-19(12-16)29-11-5-10-28-18/h6-9,12H,5,10-11,13-14H2,1-4H3,(H,26,27)(H2,23,24,25). The van der Waals surface area contributed by atoms with Gasteiger partial charge in [-0.2, -0.15) is 0 Å². The molecule has 0 radical (unpaired) electrons. The molecule has 3 rings (SSSR count). The van der Waals surface area contributed by atoms with E-state index in [0.29, 0.717) is 31.5 Å². The highest BCUT2D eigenvalue weighted by molar-refractivity contribution is 7.11. The van der Waals surface area contributed by atoms with Crippen LogP contribution in [-0.2, 0) is 11.3 Å². The quantitative estimate of drug-likeness (QED) is 0.498. The predicted molar refractivity (Wildman–Crippen MR) is 122 cm³/mol. The van der Waals surface area contributed by atoms with Gasteiger partial charge >= 0.3 is 0 Å². The molecule has 1 aliphatic rings. The molecule has 162 valence electrons. The van der Waals surface area contributed by atoms with E-state index in [1.165, 1.54) is 9.75 Å². The first-order valence-corrected chi connectivity index (χ1v) is 10.9. The third kappa shape index (κ3) is 6.95. The molecule has 0 unspecified atom stereocenters. The van der Waals surface area contributed by atoms with Crippen LogP contribution < -0.4 is 25.4 Å². The molecule has 2 aromatic rings. The van der Waals surface area contributed by atoms with Crippen molar-refractivity contribution >= 4 is 28.9 Å². The van der Waals surface area contributed by atoms with Gasteiger partial charge in [0.15, 0.2) is 17.5 Å². The fraction of sp³-hybridized carbons (Fsp3) is 0.455. The molecular weight excluding hydrogens is 400 g/mol. The normalized spacial score (nSPS) is 14.1. The Morgan fingerprint density at radius 1 is 1.13 bits per heavy atom. The third-order valence-corrected chi connectivity index (χ3v) is 5.13. The SMILES string of the molecule is Cc1ccc(CNC(=NCC(=O)NC(C)(C)C)Nc2ccc3c(c2)OCCCO3)s1. The molecule has 30 heavy (non-hydrogen) atoms. The maximum absolute atomic E-state index is 12.2. The van der Waals surface area contributed by atoms with E-state index in [1.54, 1.807) is 11.3 Å². The number of carbonyl (C=O) groups is 1. The Bertz CT molecular complexity index is 902. The molecule has 0 aliphatic carbocycles. The molecule has 1 amide bonds. The molecule has 7 nitrogen and oxygen atoms in total. The summed E-state index contributed by atoms with van der Waals surface area (Å²) < 4.78 is 11.5. The van der Waals surface area contributed by atoms with Crippen LogP contribution in [0, 0.1) is 6.92 Å². The number of benzene rings is 1. The molecule has 3 N–H and O–H groups in total. The minimum atomic E-state index is -0.295. The largest absolute Gasteiger partial charge is 0.490 e. The summed E-state index contributed by atoms with van der Waals surface area (Å²) in [7, 11) is 0. The molecule has 0 spiro atoms. The lowest BCUT2D eigenvalue weighted by molar-refractivity contribution is -0.121. The molecule has 0 atom stereocenters. The number of anilines is 1. The minimum Gasteiger partial charge on any atom is -0.490 e. The zero-order valence-corrected chi connectivity index (χ0v) is 18.8. The van der Waals surface area contributed by atoms with Crippen molar-refractivity contribution in [2.45, 2.75) is 46.2 Å². The van der Waals surface area contributed by atoms with Crippen LogP contribution in [0.4, 0.5) is 5.69 Å². The van der Waals surface area contributed by atoms with Crippen LogP contribution in [-0.4, -0.2) is 37.2 Å². The summed E-state index contributed by atoms with van der Waals surface area (Å²) in [5.41, 5.74) is 0.514. The lowest BCUT2D eigenvalue weighted by atomic mass is 10.1. The summed E-state index contributed by atoms with van der Waals surface area (Å²) in [4.78, 5) is 19.1. The Balaban J connectivity index is 1.71. The van der Waals surface area contributed by atoms with E-state index in [1.807, 2.05) is 39.0 Å². The van der Waals surface area contributed by atoms with Gasteiger partial charge in [0.1, 0.15) is 6.54 Å². The van der Waals surface area contributed by atoms with Crippen molar-refractivity contribution in [1.82, 2.24) is 10.6 Å². The summed E-state index contributed by atoms with van der Waals surface area (Å²) in [6.45, 7) is 9.85. The topological polar surface area (TPSA) is 84.0 Å². The average molecular weight is 431 g/mol. The highest BCUT2D eigenvalue weighted by atomic mass is 32.1.